The summed E-state index contributed by atoms with van der Waals surface area (Å²) in [6.07, 6.45) is 2.26. The Hall–Kier alpha value is -3.12. The van der Waals surface area contributed by atoms with Crippen LogP contribution in [-0.4, -0.2) is 5.16 Å². The van der Waals surface area contributed by atoms with Gasteiger partial charge in [0.15, 0.2) is 5.82 Å². The molecule has 0 aliphatic rings. The molecule has 0 heterocycles. The van der Waals surface area contributed by atoms with Gasteiger partial charge in [-0.1, -0.05) is 68.5 Å². The first-order valence-corrected chi connectivity index (χ1v) is 10.2. The zero-order valence-corrected chi connectivity index (χ0v) is 17.7. The topological polar surface area (TPSA) is 12.4 Å². The third-order valence-corrected chi connectivity index (χ3v) is 5.09. The van der Waals surface area contributed by atoms with Crippen molar-refractivity contribution < 1.29 is 8.78 Å². The van der Waals surface area contributed by atoms with Crippen molar-refractivity contribution in [2.45, 2.75) is 26.7 Å². The normalized spacial score (nSPS) is 11.2. The average molecular weight is 418 g/mol. The molecule has 0 bridgehead atoms. The summed E-state index contributed by atoms with van der Waals surface area (Å²) in [4.78, 5) is 3.49. The van der Waals surface area contributed by atoms with Gasteiger partial charge >= 0.3 is 0 Å². The van der Waals surface area contributed by atoms with Crippen LogP contribution in [0.25, 0.3) is 11.1 Å². The van der Waals surface area contributed by atoms with Crippen LogP contribution in [0.3, 0.4) is 0 Å². The molecule has 0 fully saturated rings. The molecule has 0 aliphatic carbocycles. The third-order valence-electron chi connectivity index (χ3n) is 5.00. The lowest BCUT2D eigenvalue weighted by atomic mass is 9.96. The van der Waals surface area contributed by atoms with Gasteiger partial charge in [-0.3, -0.25) is 0 Å². The standard InChI is InChI=1S/C26H21F2NS/c1-3-18(2)14-20-7-11-22(12-8-20)21-9-4-19(5-10-21)6-13-23-15-25(28)26(29-17-30)16-24(23)27/h4-5,7-12,15-16,18H,3,14H2,1-2H3. The molecule has 0 saturated heterocycles. The fourth-order valence-electron chi connectivity index (χ4n) is 3.03. The summed E-state index contributed by atoms with van der Waals surface area (Å²) in [6.45, 7) is 4.47. The first-order chi connectivity index (χ1) is 14.5. The Kier molecular flexibility index (Phi) is 7.25. The molecular weight excluding hydrogens is 396 g/mol. The fourth-order valence-corrected chi connectivity index (χ4v) is 3.13. The zero-order valence-electron chi connectivity index (χ0n) is 16.9. The number of nitrogens with zero attached hydrogens (tertiary/aromatic N) is 1. The Morgan fingerprint density at radius 2 is 1.53 bits per heavy atom. The van der Waals surface area contributed by atoms with Crippen molar-refractivity contribution in [3.05, 3.63) is 89.0 Å². The summed E-state index contributed by atoms with van der Waals surface area (Å²) in [5.41, 5.74) is 4.05. The van der Waals surface area contributed by atoms with E-state index in [0.717, 1.165) is 29.7 Å². The zero-order chi connectivity index (χ0) is 21.5. The quantitative estimate of drug-likeness (QED) is 0.240. The Morgan fingerprint density at radius 1 is 0.900 bits per heavy atom. The minimum absolute atomic E-state index is 0.0307. The second kappa shape index (κ2) is 10.1. The van der Waals surface area contributed by atoms with E-state index in [1.807, 2.05) is 29.4 Å². The van der Waals surface area contributed by atoms with Crippen molar-refractivity contribution in [1.29, 1.82) is 0 Å². The lowest BCUT2D eigenvalue weighted by molar-refractivity contribution is 0.560. The van der Waals surface area contributed by atoms with E-state index in [9.17, 15) is 8.78 Å². The van der Waals surface area contributed by atoms with Crippen LogP contribution in [0.4, 0.5) is 14.5 Å². The van der Waals surface area contributed by atoms with Gasteiger partial charge in [0.05, 0.1) is 10.7 Å². The molecule has 0 aromatic heterocycles. The maximum absolute atomic E-state index is 14.1. The van der Waals surface area contributed by atoms with Crippen LogP contribution in [0.1, 0.15) is 37.0 Å². The molecule has 0 spiro atoms. The van der Waals surface area contributed by atoms with Gasteiger partial charge in [-0.05, 0) is 59.4 Å². The van der Waals surface area contributed by atoms with E-state index in [-0.39, 0.29) is 11.3 Å². The smallest absolute Gasteiger partial charge is 0.151 e. The molecule has 30 heavy (non-hydrogen) atoms. The highest BCUT2D eigenvalue weighted by Crippen LogP contribution is 2.23. The Morgan fingerprint density at radius 3 is 2.13 bits per heavy atom. The Balaban J connectivity index is 1.76. The molecule has 150 valence electrons. The molecule has 3 aromatic rings. The lowest BCUT2D eigenvalue weighted by Gasteiger charge is -2.09. The first-order valence-electron chi connectivity index (χ1n) is 9.78. The van der Waals surface area contributed by atoms with Crippen molar-refractivity contribution in [3.8, 4) is 23.0 Å². The molecule has 0 aliphatic heterocycles. The van der Waals surface area contributed by atoms with Crippen LogP contribution < -0.4 is 0 Å². The van der Waals surface area contributed by atoms with Crippen LogP contribution in [-0.2, 0) is 6.42 Å². The summed E-state index contributed by atoms with van der Waals surface area (Å²) < 4.78 is 28.0. The SMILES string of the molecule is CCC(C)Cc1ccc(-c2ccc(C#Cc3cc(F)c(N=C=S)cc3F)cc2)cc1. The van der Waals surface area contributed by atoms with Gasteiger partial charge in [0.1, 0.15) is 11.5 Å². The number of rotatable bonds is 5. The molecule has 0 radical (unpaired) electrons. The van der Waals surface area contributed by atoms with E-state index in [1.165, 1.54) is 12.0 Å². The highest BCUT2D eigenvalue weighted by atomic mass is 32.1. The number of halogens is 2. The second-order valence-electron chi connectivity index (χ2n) is 7.23. The number of isothiocyanates is 1. The molecule has 0 saturated carbocycles. The minimum atomic E-state index is -0.690. The van der Waals surface area contributed by atoms with Crippen molar-refractivity contribution in [1.82, 2.24) is 0 Å². The van der Waals surface area contributed by atoms with Gasteiger partial charge in [0, 0.05) is 11.6 Å². The van der Waals surface area contributed by atoms with Crippen LogP contribution in [0, 0.1) is 29.4 Å². The van der Waals surface area contributed by atoms with Crippen molar-refractivity contribution in [3.63, 3.8) is 0 Å². The number of thiocarbonyl (C=S) groups is 1. The predicted octanol–water partition coefficient (Wildman–Crippen LogP) is 7.35. The van der Waals surface area contributed by atoms with Gasteiger partial charge in [-0.25, -0.2) is 8.78 Å². The average Bonchev–Trinajstić information content (AvgIpc) is 2.76. The van der Waals surface area contributed by atoms with E-state index in [1.54, 1.807) is 0 Å². The number of hydrogen-bond donors (Lipinski definition) is 0. The summed E-state index contributed by atoms with van der Waals surface area (Å²) in [7, 11) is 0. The monoisotopic (exact) mass is 417 g/mol. The summed E-state index contributed by atoms with van der Waals surface area (Å²) in [5.74, 6) is 4.89. The van der Waals surface area contributed by atoms with E-state index >= 15 is 0 Å². The van der Waals surface area contributed by atoms with Gasteiger partial charge in [-0.2, -0.15) is 4.99 Å². The molecule has 0 amide bonds. The lowest BCUT2D eigenvalue weighted by Crippen LogP contribution is -1.97. The molecule has 1 unspecified atom stereocenters. The van der Waals surface area contributed by atoms with Crippen molar-refractivity contribution >= 4 is 23.1 Å². The van der Waals surface area contributed by atoms with E-state index in [4.69, 9.17) is 0 Å². The Bertz CT molecular complexity index is 1130. The van der Waals surface area contributed by atoms with E-state index in [0.29, 0.717) is 11.5 Å². The van der Waals surface area contributed by atoms with Gasteiger partial charge in [0.2, 0.25) is 0 Å². The van der Waals surface area contributed by atoms with Crippen LogP contribution in [0.2, 0.25) is 0 Å². The number of hydrogen-bond acceptors (Lipinski definition) is 2. The summed E-state index contributed by atoms with van der Waals surface area (Å²) in [6, 6.07) is 18.3. The number of benzene rings is 3. The maximum atomic E-state index is 14.1. The molecule has 1 atom stereocenters. The molecule has 1 nitrogen and oxygen atoms in total. The molecule has 3 aromatic carbocycles. The largest absolute Gasteiger partial charge is 0.206 e. The van der Waals surface area contributed by atoms with E-state index in [2.05, 4.69) is 67.2 Å². The van der Waals surface area contributed by atoms with Crippen LogP contribution in [0.5, 0.6) is 0 Å². The highest BCUT2D eigenvalue weighted by Gasteiger charge is 2.08. The molecule has 0 N–H and O–H groups in total. The molecule has 4 heteroatoms. The van der Waals surface area contributed by atoms with Crippen molar-refractivity contribution in [2.75, 3.05) is 0 Å². The maximum Gasteiger partial charge on any atom is 0.151 e. The van der Waals surface area contributed by atoms with Gasteiger partial charge in [-0.15, -0.1) is 0 Å². The Labute approximate surface area is 181 Å². The summed E-state index contributed by atoms with van der Waals surface area (Å²) >= 11 is 4.42. The first kappa shape index (κ1) is 21.6. The van der Waals surface area contributed by atoms with Gasteiger partial charge < -0.3 is 0 Å². The third kappa shape index (κ3) is 5.48. The molecular formula is C26H21F2NS. The van der Waals surface area contributed by atoms with Crippen LogP contribution in [0.15, 0.2) is 65.7 Å². The van der Waals surface area contributed by atoms with Crippen molar-refractivity contribution in [2.24, 2.45) is 10.9 Å². The minimum Gasteiger partial charge on any atom is -0.206 e. The second-order valence-corrected chi connectivity index (χ2v) is 7.41. The summed E-state index contributed by atoms with van der Waals surface area (Å²) in [5, 5.41) is 2.03. The number of aliphatic imine (C=N–C) groups is 1. The molecule has 3 rings (SSSR count). The van der Waals surface area contributed by atoms with Crippen LogP contribution >= 0.6 is 12.2 Å². The highest BCUT2D eigenvalue weighted by molar-refractivity contribution is 7.78. The van der Waals surface area contributed by atoms with E-state index < -0.39 is 11.6 Å². The van der Waals surface area contributed by atoms with Gasteiger partial charge in [0.25, 0.3) is 0 Å². The fraction of sp³-hybridized carbons (Fsp3) is 0.192. The predicted molar refractivity (Wildman–Crippen MR) is 122 cm³/mol.